The van der Waals surface area contributed by atoms with Gasteiger partial charge in [-0.1, -0.05) is 160 Å². The molecule has 0 saturated heterocycles. The van der Waals surface area contributed by atoms with Crippen molar-refractivity contribution in [3.63, 3.8) is 0 Å². The molecule has 0 aliphatic rings. The van der Waals surface area contributed by atoms with E-state index >= 15 is 0 Å². The molecule has 3 nitrogen and oxygen atoms in total. The van der Waals surface area contributed by atoms with Crippen molar-refractivity contribution < 1.29 is 9.63 Å². The molecule has 0 unspecified atom stereocenters. The van der Waals surface area contributed by atoms with Crippen molar-refractivity contribution in [2.75, 3.05) is 11.7 Å². The van der Waals surface area contributed by atoms with Crippen LogP contribution in [0.25, 0.3) is 0 Å². The summed E-state index contributed by atoms with van der Waals surface area (Å²) in [6, 6.07) is 10.5. The van der Waals surface area contributed by atoms with Gasteiger partial charge in [0.05, 0.1) is 18.3 Å². The minimum atomic E-state index is 0.127. The van der Waals surface area contributed by atoms with Gasteiger partial charge >= 0.3 is 0 Å². The molecule has 1 rings (SSSR count). The SMILES string of the molecule is CCCCCCCCCCCCCCON(c1ccccc1)[C@@H](CC=O)CCCCCCCCCCC. The smallest absolute Gasteiger partial charge is 0.122 e. The summed E-state index contributed by atoms with van der Waals surface area (Å²) in [6.07, 6.45) is 30.7. The highest BCUT2D eigenvalue weighted by Crippen LogP contribution is 2.23. The van der Waals surface area contributed by atoms with E-state index in [9.17, 15) is 4.79 Å². The number of benzene rings is 1. The van der Waals surface area contributed by atoms with Crippen LogP contribution in [0.1, 0.15) is 162 Å². The minimum Gasteiger partial charge on any atom is -0.303 e. The molecule has 0 fully saturated rings. The molecule has 0 aromatic heterocycles. The summed E-state index contributed by atoms with van der Waals surface area (Å²) in [5, 5.41) is 2.05. The maximum atomic E-state index is 11.5. The van der Waals surface area contributed by atoms with E-state index in [4.69, 9.17) is 4.84 Å². The van der Waals surface area contributed by atoms with Crippen molar-refractivity contribution in [1.82, 2.24) is 0 Å². The van der Waals surface area contributed by atoms with Gasteiger partial charge in [-0.25, -0.2) is 0 Å². The van der Waals surface area contributed by atoms with Gasteiger partial charge in [-0.3, -0.25) is 9.90 Å². The first kappa shape index (κ1) is 33.7. The molecular weight excluding hydrogens is 454 g/mol. The van der Waals surface area contributed by atoms with Crippen molar-refractivity contribution in [3.05, 3.63) is 30.3 Å². The largest absolute Gasteiger partial charge is 0.303 e. The van der Waals surface area contributed by atoms with Crippen LogP contribution in [0.15, 0.2) is 30.3 Å². The number of carbonyl (C=O) groups excluding carboxylic acids is 1. The Balaban J connectivity index is 2.28. The van der Waals surface area contributed by atoms with E-state index in [0.717, 1.165) is 31.4 Å². The van der Waals surface area contributed by atoms with Crippen LogP contribution < -0.4 is 5.06 Å². The summed E-state index contributed by atoms with van der Waals surface area (Å²) >= 11 is 0. The lowest BCUT2D eigenvalue weighted by atomic mass is 10.0. The van der Waals surface area contributed by atoms with E-state index in [0.29, 0.717) is 6.42 Å². The number of nitrogens with zero attached hydrogens (tertiary/aromatic N) is 1. The quantitative estimate of drug-likeness (QED) is 0.0631. The van der Waals surface area contributed by atoms with Gasteiger partial charge in [0.1, 0.15) is 6.29 Å². The lowest BCUT2D eigenvalue weighted by Gasteiger charge is -2.32. The van der Waals surface area contributed by atoms with Gasteiger partial charge < -0.3 is 4.79 Å². The molecule has 0 N–H and O–H groups in total. The minimum absolute atomic E-state index is 0.127. The molecule has 0 spiro atoms. The van der Waals surface area contributed by atoms with Crippen molar-refractivity contribution in [1.29, 1.82) is 0 Å². The van der Waals surface area contributed by atoms with Crippen LogP contribution in [0.4, 0.5) is 5.69 Å². The molecule has 1 atom stereocenters. The number of rotatable bonds is 28. The van der Waals surface area contributed by atoms with Crippen LogP contribution in [-0.2, 0) is 9.63 Å². The Bertz CT molecular complexity index is 591. The zero-order valence-corrected chi connectivity index (χ0v) is 24.8. The van der Waals surface area contributed by atoms with Crippen molar-refractivity contribution >= 4 is 12.0 Å². The Hall–Kier alpha value is -1.35. The summed E-state index contributed by atoms with van der Waals surface area (Å²) < 4.78 is 0. The summed E-state index contributed by atoms with van der Waals surface area (Å²) in [6.45, 7) is 5.29. The highest BCUT2D eigenvalue weighted by atomic mass is 16.7. The van der Waals surface area contributed by atoms with Gasteiger partial charge in [0, 0.05) is 6.42 Å². The Morgan fingerprint density at radius 2 is 1.05 bits per heavy atom. The fourth-order valence-electron chi connectivity index (χ4n) is 5.20. The lowest BCUT2D eigenvalue weighted by Crippen LogP contribution is -2.36. The standard InChI is InChI=1S/C34H61NO2/c1-3-5-7-9-11-13-14-15-17-19-21-26-32-37-35(33-27-24-22-25-28-33)34(30-31-36)29-23-20-18-16-12-10-8-6-4-2/h22,24-25,27-28,31,34H,3-21,23,26,29-30,32H2,1-2H3/t34-/m1/s1. The fourth-order valence-corrected chi connectivity index (χ4v) is 5.20. The van der Waals surface area contributed by atoms with Gasteiger partial charge in [0.15, 0.2) is 0 Å². The number of unbranched alkanes of at least 4 members (excludes halogenated alkanes) is 19. The van der Waals surface area contributed by atoms with Crippen molar-refractivity contribution in [3.8, 4) is 0 Å². The monoisotopic (exact) mass is 515 g/mol. The second-order valence-corrected chi connectivity index (χ2v) is 11.1. The predicted octanol–water partition coefficient (Wildman–Crippen LogP) is 11.0. The highest BCUT2D eigenvalue weighted by molar-refractivity contribution is 5.53. The lowest BCUT2D eigenvalue weighted by molar-refractivity contribution is -0.108. The Labute approximate surface area is 231 Å². The number of hydrogen-bond donors (Lipinski definition) is 0. The Morgan fingerprint density at radius 1 is 0.622 bits per heavy atom. The molecule has 0 heterocycles. The number of hydroxylamine groups is 1. The van der Waals surface area contributed by atoms with Crippen molar-refractivity contribution in [2.45, 2.75) is 168 Å². The Morgan fingerprint density at radius 3 is 1.51 bits per heavy atom. The van der Waals surface area contributed by atoms with E-state index in [1.54, 1.807) is 0 Å². The zero-order chi connectivity index (χ0) is 26.7. The van der Waals surface area contributed by atoms with E-state index < -0.39 is 0 Å². The van der Waals surface area contributed by atoms with Gasteiger partial charge in [-0.05, 0) is 25.0 Å². The van der Waals surface area contributed by atoms with Crippen LogP contribution in [0.5, 0.6) is 0 Å². The van der Waals surface area contributed by atoms with Gasteiger partial charge in [0.25, 0.3) is 0 Å². The van der Waals surface area contributed by atoms with Gasteiger partial charge in [-0.15, -0.1) is 0 Å². The zero-order valence-electron chi connectivity index (χ0n) is 24.8. The highest BCUT2D eigenvalue weighted by Gasteiger charge is 2.19. The molecule has 0 radical (unpaired) electrons. The first-order valence-electron chi connectivity index (χ1n) is 16.2. The van der Waals surface area contributed by atoms with Crippen LogP contribution in [0.3, 0.4) is 0 Å². The van der Waals surface area contributed by atoms with Gasteiger partial charge in [0.2, 0.25) is 0 Å². The number of carbonyl (C=O) groups is 1. The summed E-state index contributed by atoms with van der Waals surface area (Å²) in [5.41, 5.74) is 1.07. The second kappa shape index (κ2) is 26.3. The first-order chi connectivity index (χ1) is 18.3. The van der Waals surface area contributed by atoms with Crippen LogP contribution in [-0.4, -0.2) is 18.9 Å². The summed E-state index contributed by atoms with van der Waals surface area (Å²) in [4.78, 5) is 17.9. The fraction of sp³-hybridized carbons (Fsp3) is 0.794. The third-order valence-electron chi connectivity index (χ3n) is 7.58. The first-order valence-corrected chi connectivity index (χ1v) is 16.2. The summed E-state index contributed by atoms with van der Waals surface area (Å²) in [7, 11) is 0. The molecule has 1 aromatic rings. The van der Waals surface area contributed by atoms with Gasteiger partial charge in [-0.2, -0.15) is 0 Å². The maximum absolute atomic E-state index is 11.5. The molecule has 0 bridgehead atoms. The number of hydrogen-bond acceptors (Lipinski definition) is 3. The van der Waals surface area contributed by atoms with E-state index in [1.165, 1.54) is 128 Å². The number of anilines is 1. The van der Waals surface area contributed by atoms with E-state index in [-0.39, 0.29) is 6.04 Å². The molecular formula is C34H61NO2. The van der Waals surface area contributed by atoms with E-state index in [2.05, 4.69) is 43.2 Å². The third-order valence-corrected chi connectivity index (χ3v) is 7.58. The molecule has 0 amide bonds. The maximum Gasteiger partial charge on any atom is 0.122 e. The third kappa shape index (κ3) is 19.4. The van der Waals surface area contributed by atoms with Crippen LogP contribution >= 0.6 is 0 Å². The molecule has 37 heavy (non-hydrogen) atoms. The van der Waals surface area contributed by atoms with Crippen molar-refractivity contribution in [2.24, 2.45) is 0 Å². The molecule has 0 aliphatic carbocycles. The molecule has 0 aliphatic heterocycles. The molecule has 0 saturated carbocycles. The van der Waals surface area contributed by atoms with E-state index in [1.807, 2.05) is 6.07 Å². The second-order valence-electron chi connectivity index (χ2n) is 11.1. The normalized spacial score (nSPS) is 12.1. The number of para-hydroxylation sites is 1. The van der Waals surface area contributed by atoms with Crippen LogP contribution in [0.2, 0.25) is 0 Å². The average Bonchev–Trinajstić information content (AvgIpc) is 2.92. The molecule has 214 valence electrons. The molecule has 3 heteroatoms. The number of aldehydes is 1. The average molecular weight is 516 g/mol. The molecule has 1 aromatic carbocycles. The predicted molar refractivity (Wildman–Crippen MR) is 162 cm³/mol. The van der Waals surface area contributed by atoms with Crippen LogP contribution in [0, 0.1) is 0 Å². The topological polar surface area (TPSA) is 29.5 Å². The summed E-state index contributed by atoms with van der Waals surface area (Å²) in [5.74, 6) is 0. The Kier molecular flexibility index (Phi) is 23.9.